The zero-order valence-electron chi connectivity index (χ0n) is 15.2. The highest BCUT2D eigenvalue weighted by Crippen LogP contribution is 2.32. The summed E-state index contributed by atoms with van der Waals surface area (Å²) in [5, 5.41) is 3.81. The monoisotopic (exact) mass is 390 g/mol. The third kappa shape index (κ3) is 3.37. The van der Waals surface area contributed by atoms with Gasteiger partial charge in [0, 0.05) is 25.2 Å². The molecule has 8 nitrogen and oxygen atoms in total. The van der Waals surface area contributed by atoms with E-state index >= 15 is 0 Å². The summed E-state index contributed by atoms with van der Waals surface area (Å²) in [6.07, 6.45) is 3.41. The molecule has 2 saturated heterocycles. The van der Waals surface area contributed by atoms with Crippen molar-refractivity contribution < 1.29 is 17.7 Å². The van der Waals surface area contributed by atoms with E-state index in [0.29, 0.717) is 36.9 Å². The fraction of sp³-hybridized carbons (Fsp3) is 0.500. The predicted molar refractivity (Wildman–Crippen MR) is 96.5 cm³/mol. The van der Waals surface area contributed by atoms with E-state index in [-0.39, 0.29) is 16.8 Å². The van der Waals surface area contributed by atoms with Gasteiger partial charge in [-0.25, -0.2) is 8.42 Å². The zero-order valence-corrected chi connectivity index (χ0v) is 16.0. The van der Waals surface area contributed by atoms with Gasteiger partial charge in [-0.15, -0.1) is 0 Å². The number of carbonyl (C=O) groups is 1. The minimum Gasteiger partial charge on any atom is -0.337 e. The van der Waals surface area contributed by atoms with Gasteiger partial charge < -0.3 is 9.42 Å². The van der Waals surface area contributed by atoms with Crippen molar-refractivity contribution in [3.63, 3.8) is 0 Å². The molecule has 0 spiro atoms. The second-order valence-electron chi connectivity index (χ2n) is 6.97. The van der Waals surface area contributed by atoms with Gasteiger partial charge in [0.2, 0.25) is 15.9 Å². The predicted octanol–water partition coefficient (Wildman–Crippen LogP) is 2.14. The number of sulfonamides is 1. The van der Waals surface area contributed by atoms with Crippen LogP contribution in [0, 0.1) is 6.92 Å². The normalized spacial score (nSPS) is 21.1. The number of aromatic nitrogens is 2. The average molecular weight is 390 g/mol. The van der Waals surface area contributed by atoms with Crippen LogP contribution < -0.4 is 0 Å². The van der Waals surface area contributed by atoms with Crippen molar-refractivity contribution in [2.45, 2.75) is 43.5 Å². The van der Waals surface area contributed by atoms with Crippen molar-refractivity contribution in [3.8, 4) is 0 Å². The van der Waals surface area contributed by atoms with E-state index in [1.165, 1.54) is 16.4 Å². The summed E-state index contributed by atoms with van der Waals surface area (Å²) in [7, 11) is -3.48. The van der Waals surface area contributed by atoms with Crippen LogP contribution in [0.15, 0.2) is 33.7 Å². The molecule has 1 aromatic carbocycles. The fourth-order valence-electron chi connectivity index (χ4n) is 3.73. The Bertz CT molecular complexity index is 933. The Morgan fingerprint density at radius 3 is 2.44 bits per heavy atom. The van der Waals surface area contributed by atoms with Crippen molar-refractivity contribution in [2.75, 3.05) is 19.6 Å². The molecule has 2 aliphatic heterocycles. The molecule has 0 bridgehead atoms. The summed E-state index contributed by atoms with van der Waals surface area (Å²) in [5.74, 6) is 0.839. The van der Waals surface area contributed by atoms with Gasteiger partial charge in [0.25, 0.3) is 5.91 Å². The van der Waals surface area contributed by atoms with Crippen molar-refractivity contribution in [3.05, 3.63) is 41.5 Å². The van der Waals surface area contributed by atoms with Crippen molar-refractivity contribution >= 4 is 15.9 Å². The summed E-state index contributed by atoms with van der Waals surface area (Å²) in [6.45, 7) is 3.47. The highest BCUT2D eigenvalue weighted by Gasteiger charge is 2.34. The first-order valence-electron chi connectivity index (χ1n) is 9.18. The summed E-state index contributed by atoms with van der Waals surface area (Å²) in [4.78, 5) is 19.1. The highest BCUT2D eigenvalue weighted by molar-refractivity contribution is 7.89. The number of likely N-dealkylation sites (tertiary alicyclic amines) is 1. The van der Waals surface area contributed by atoms with Gasteiger partial charge in [0.15, 0.2) is 5.82 Å². The van der Waals surface area contributed by atoms with Gasteiger partial charge in [0.1, 0.15) is 6.04 Å². The average Bonchev–Trinajstić information content (AvgIpc) is 3.42. The van der Waals surface area contributed by atoms with E-state index in [4.69, 9.17) is 4.52 Å². The van der Waals surface area contributed by atoms with Gasteiger partial charge in [0.05, 0.1) is 4.90 Å². The van der Waals surface area contributed by atoms with Crippen LogP contribution in [0.5, 0.6) is 0 Å². The first-order valence-corrected chi connectivity index (χ1v) is 10.6. The molecule has 1 aromatic heterocycles. The van der Waals surface area contributed by atoms with Crippen LogP contribution in [0.1, 0.15) is 53.8 Å². The van der Waals surface area contributed by atoms with E-state index in [0.717, 1.165) is 25.7 Å². The van der Waals surface area contributed by atoms with Gasteiger partial charge in [-0.05, 0) is 56.9 Å². The molecule has 0 aliphatic carbocycles. The lowest BCUT2D eigenvalue weighted by molar-refractivity contribution is 0.0710. The third-order valence-corrected chi connectivity index (χ3v) is 7.06. The minimum atomic E-state index is -3.48. The topological polar surface area (TPSA) is 96.6 Å². The Hall–Kier alpha value is -2.26. The van der Waals surface area contributed by atoms with Crippen LogP contribution in [0.3, 0.4) is 0 Å². The SMILES string of the molecule is Cc1noc(C2CCCN2C(=O)c2ccc(S(=O)(=O)N3CCCC3)cc2)n1. The van der Waals surface area contributed by atoms with E-state index in [1.54, 1.807) is 24.0 Å². The van der Waals surface area contributed by atoms with Gasteiger partial charge in [-0.2, -0.15) is 9.29 Å². The number of amides is 1. The maximum absolute atomic E-state index is 12.9. The lowest BCUT2D eigenvalue weighted by Gasteiger charge is -2.22. The van der Waals surface area contributed by atoms with Crippen molar-refractivity contribution in [1.82, 2.24) is 19.3 Å². The zero-order chi connectivity index (χ0) is 19.0. The van der Waals surface area contributed by atoms with Gasteiger partial charge in [-0.3, -0.25) is 4.79 Å². The lowest BCUT2D eigenvalue weighted by atomic mass is 10.1. The van der Waals surface area contributed by atoms with Crippen LogP contribution in [-0.2, 0) is 10.0 Å². The van der Waals surface area contributed by atoms with Crippen molar-refractivity contribution in [2.24, 2.45) is 0 Å². The largest absolute Gasteiger partial charge is 0.337 e. The molecule has 27 heavy (non-hydrogen) atoms. The Kier molecular flexibility index (Phi) is 4.73. The molecule has 1 amide bonds. The molecule has 1 unspecified atom stereocenters. The number of hydrogen-bond acceptors (Lipinski definition) is 6. The first kappa shape index (κ1) is 18.1. The molecular formula is C18H22N4O4S. The second kappa shape index (κ2) is 7.05. The summed E-state index contributed by atoms with van der Waals surface area (Å²) in [5.41, 5.74) is 0.457. The maximum Gasteiger partial charge on any atom is 0.254 e. The molecule has 4 rings (SSSR count). The Balaban J connectivity index is 1.54. The maximum atomic E-state index is 12.9. The smallest absolute Gasteiger partial charge is 0.254 e. The van der Waals surface area contributed by atoms with Crippen LogP contribution in [0.4, 0.5) is 0 Å². The summed E-state index contributed by atoms with van der Waals surface area (Å²) >= 11 is 0. The number of carbonyl (C=O) groups excluding carboxylic acids is 1. The molecule has 2 aliphatic rings. The lowest BCUT2D eigenvalue weighted by Crippen LogP contribution is -2.31. The first-order chi connectivity index (χ1) is 13.0. The second-order valence-corrected chi connectivity index (χ2v) is 8.91. The number of nitrogens with zero attached hydrogens (tertiary/aromatic N) is 4. The molecule has 2 fully saturated rings. The van der Waals surface area contributed by atoms with Gasteiger partial charge >= 0.3 is 0 Å². The molecule has 3 heterocycles. The molecular weight excluding hydrogens is 368 g/mol. The Morgan fingerprint density at radius 1 is 1.11 bits per heavy atom. The molecule has 1 atom stereocenters. The third-order valence-electron chi connectivity index (χ3n) is 5.15. The standard InChI is InChI=1S/C18H22N4O4S/c1-13-19-17(26-20-13)16-5-4-12-22(16)18(23)14-6-8-15(9-7-14)27(24,25)21-10-2-3-11-21/h6-9,16H,2-5,10-12H2,1H3. The molecule has 0 radical (unpaired) electrons. The Morgan fingerprint density at radius 2 is 1.81 bits per heavy atom. The quantitative estimate of drug-likeness (QED) is 0.793. The van der Waals surface area contributed by atoms with E-state index in [2.05, 4.69) is 10.1 Å². The summed E-state index contributed by atoms with van der Waals surface area (Å²) in [6, 6.07) is 5.97. The Labute approximate surface area is 158 Å². The van der Waals surface area contributed by atoms with Crippen LogP contribution in [0.25, 0.3) is 0 Å². The number of aryl methyl sites for hydroxylation is 1. The number of benzene rings is 1. The van der Waals surface area contributed by atoms with Gasteiger partial charge in [-0.1, -0.05) is 5.16 Å². The fourth-order valence-corrected chi connectivity index (χ4v) is 5.24. The van der Waals surface area contributed by atoms with E-state index in [9.17, 15) is 13.2 Å². The van der Waals surface area contributed by atoms with E-state index < -0.39 is 10.0 Å². The summed E-state index contributed by atoms with van der Waals surface area (Å²) < 4.78 is 32.0. The van der Waals surface area contributed by atoms with Crippen molar-refractivity contribution in [1.29, 1.82) is 0 Å². The number of hydrogen-bond donors (Lipinski definition) is 0. The van der Waals surface area contributed by atoms with Crippen LogP contribution in [0.2, 0.25) is 0 Å². The highest BCUT2D eigenvalue weighted by atomic mass is 32.2. The molecule has 2 aromatic rings. The van der Waals surface area contributed by atoms with Crippen LogP contribution in [-0.4, -0.2) is 53.3 Å². The van der Waals surface area contributed by atoms with Crippen LogP contribution >= 0.6 is 0 Å². The molecule has 144 valence electrons. The van der Waals surface area contributed by atoms with E-state index in [1.807, 2.05) is 0 Å². The minimum absolute atomic E-state index is 0.154. The molecule has 0 N–H and O–H groups in total. The number of rotatable bonds is 4. The molecule has 0 saturated carbocycles. The molecule has 9 heteroatoms.